The van der Waals surface area contributed by atoms with E-state index in [1.807, 2.05) is 0 Å². The molecule has 0 amide bonds. The van der Waals surface area contributed by atoms with Crippen molar-refractivity contribution >= 4 is 43.1 Å². The SMILES string of the molecule is CC1(C)c2cc(-c3ccccc3-c3ccc4c5c(cccc35)-c3ccccc3-4)c3ccccc3c2-c2c1c1ccccc1c1ccccc21. The highest BCUT2D eigenvalue weighted by Crippen LogP contribution is 2.58. The van der Waals surface area contributed by atoms with Crippen molar-refractivity contribution in [2.45, 2.75) is 19.3 Å². The summed E-state index contributed by atoms with van der Waals surface area (Å²) in [5, 5.41) is 10.7. The molecule has 49 heavy (non-hydrogen) atoms. The first-order valence-corrected chi connectivity index (χ1v) is 17.4. The molecular formula is C49H32. The molecule has 0 heteroatoms. The van der Waals surface area contributed by atoms with Crippen LogP contribution in [0.25, 0.3) is 98.7 Å². The van der Waals surface area contributed by atoms with Crippen LogP contribution in [0.1, 0.15) is 25.0 Å². The summed E-state index contributed by atoms with van der Waals surface area (Å²) in [7, 11) is 0. The summed E-state index contributed by atoms with van der Waals surface area (Å²) < 4.78 is 0. The van der Waals surface area contributed by atoms with E-state index < -0.39 is 0 Å². The van der Waals surface area contributed by atoms with Gasteiger partial charge in [0, 0.05) is 5.41 Å². The molecule has 228 valence electrons. The standard InChI is InChI=1S/C49H32/c1-49(2)44-28-43(34-19-6-3-14-29(34)36-26-27-41-31-16-5-4-15-30(31)37-24-13-25-38(36)45(37)41)35-20-8-10-21-39(35)46(44)47-40-22-11-7-17-32(40)33-18-9-12-23-42(33)48(47)49/h3-28H,1-2H3. The zero-order chi connectivity index (χ0) is 32.4. The summed E-state index contributed by atoms with van der Waals surface area (Å²) in [6.07, 6.45) is 0. The normalized spacial score (nSPS) is 13.7. The lowest BCUT2D eigenvalue weighted by Crippen LogP contribution is -2.16. The molecule has 0 spiro atoms. The van der Waals surface area contributed by atoms with Gasteiger partial charge in [0.2, 0.25) is 0 Å². The molecule has 0 unspecified atom stereocenters. The van der Waals surface area contributed by atoms with Crippen LogP contribution in [0.5, 0.6) is 0 Å². The van der Waals surface area contributed by atoms with E-state index in [1.165, 1.54) is 110 Å². The van der Waals surface area contributed by atoms with Crippen molar-refractivity contribution < 1.29 is 0 Å². The summed E-state index contributed by atoms with van der Waals surface area (Å²) >= 11 is 0. The number of hydrogen-bond donors (Lipinski definition) is 0. The second-order valence-corrected chi connectivity index (χ2v) is 14.3. The topological polar surface area (TPSA) is 0 Å². The minimum atomic E-state index is -0.185. The molecule has 0 nitrogen and oxygen atoms in total. The van der Waals surface area contributed by atoms with Gasteiger partial charge in [-0.2, -0.15) is 0 Å². The molecule has 0 radical (unpaired) electrons. The van der Waals surface area contributed by atoms with Crippen molar-refractivity contribution in [2.75, 3.05) is 0 Å². The Hall–Kier alpha value is -5.98. The van der Waals surface area contributed by atoms with E-state index >= 15 is 0 Å². The Morgan fingerprint density at radius 1 is 0.306 bits per heavy atom. The van der Waals surface area contributed by atoms with Crippen LogP contribution in [0.4, 0.5) is 0 Å². The fourth-order valence-electron chi connectivity index (χ4n) is 9.54. The fourth-order valence-corrected chi connectivity index (χ4v) is 9.54. The van der Waals surface area contributed by atoms with E-state index in [9.17, 15) is 0 Å². The van der Waals surface area contributed by atoms with Crippen LogP contribution in [0, 0.1) is 0 Å². The number of hydrogen-bond acceptors (Lipinski definition) is 0. The summed E-state index contributed by atoms with van der Waals surface area (Å²) in [6, 6.07) is 59.1. The smallest absolute Gasteiger partial charge is 0.0165 e. The molecule has 9 aromatic rings. The van der Waals surface area contributed by atoms with Gasteiger partial charge >= 0.3 is 0 Å². The third kappa shape index (κ3) is 3.43. The molecule has 0 aromatic heterocycles. The van der Waals surface area contributed by atoms with Gasteiger partial charge in [0.25, 0.3) is 0 Å². The molecule has 0 atom stereocenters. The average Bonchev–Trinajstić information content (AvgIpc) is 3.61. The van der Waals surface area contributed by atoms with Gasteiger partial charge in [0.05, 0.1) is 0 Å². The van der Waals surface area contributed by atoms with Gasteiger partial charge in [-0.1, -0.05) is 166 Å². The van der Waals surface area contributed by atoms with Crippen molar-refractivity contribution in [1.29, 1.82) is 0 Å². The van der Waals surface area contributed by atoms with Gasteiger partial charge in [-0.05, 0) is 116 Å². The predicted octanol–water partition coefficient (Wildman–Crippen LogP) is 13.6. The van der Waals surface area contributed by atoms with Crippen LogP contribution in [-0.2, 0) is 5.41 Å². The average molecular weight is 621 g/mol. The molecule has 0 bridgehead atoms. The second-order valence-electron chi connectivity index (χ2n) is 14.3. The third-order valence-electron chi connectivity index (χ3n) is 11.6. The van der Waals surface area contributed by atoms with E-state index in [4.69, 9.17) is 0 Å². The van der Waals surface area contributed by atoms with Crippen LogP contribution in [0.2, 0.25) is 0 Å². The van der Waals surface area contributed by atoms with Crippen molar-refractivity contribution in [3.05, 3.63) is 169 Å². The second kappa shape index (κ2) is 9.56. The lowest BCUT2D eigenvalue weighted by Gasteiger charge is -2.25. The van der Waals surface area contributed by atoms with Crippen molar-refractivity contribution in [2.24, 2.45) is 0 Å². The number of fused-ring (bicyclic) bond motifs is 13. The van der Waals surface area contributed by atoms with Gasteiger partial charge in [-0.15, -0.1) is 0 Å². The highest BCUT2D eigenvalue weighted by molar-refractivity contribution is 6.23. The van der Waals surface area contributed by atoms with Crippen LogP contribution < -0.4 is 0 Å². The maximum Gasteiger partial charge on any atom is 0.0165 e. The van der Waals surface area contributed by atoms with Gasteiger partial charge in [-0.3, -0.25) is 0 Å². The minimum Gasteiger partial charge on any atom is -0.0616 e. The zero-order valence-electron chi connectivity index (χ0n) is 27.5. The lowest BCUT2D eigenvalue weighted by atomic mass is 9.78. The molecule has 0 saturated carbocycles. The molecule has 9 aromatic carbocycles. The number of benzene rings is 9. The largest absolute Gasteiger partial charge is 0.0616 e. The fraction of sp³-hybridized carbons (Fsp3) is 0.0612. The molecule has 0 fully saturated rings. The summed E-state index contributed by atoms with van der Waals surface area (Å²) in [5.41, 5.74) is 15.9. The van der Waals surface area contributed by atoms with Gasteiger partial charge in [-0.25, -0.2) is 0 Å². The van der Waals surface area contributed by atoms with Crippen LogP contribution in [0.15, 0.2) is 158 Å². The number of rotatable bonds is 2. The quantitative estimate of drug-likeness (QED) is 0.169. The molecule has 0 aliphatic heterocycles. The Kier molecular flexibility index (Phi) is 5.27. The maximum atomic E-state index is 2.54. The Morgan fingerprint density at radius 2 is 0.735 bits per heavy atom. The van der Waals surface area contributed by atoms with E-state index in [0.717, 1.165) is 0 Å². The van der Waals surface area contributed by atoms with Crippen LogP contribution in [-0.4, -0.2) is 0 Å². The van der Waals surface area contributed by atoms with E-state index in [2.05, 4.69) is 172 Å². The van der Waals surface area contributed by atoms with Gasteiger partial charge in [0.15, 0.2) is 0 Å². The molecule has 2 aliphatic carbocycles. The molecule has 0 heterocycles. The molecule has 0 saturated heterocycles. The van der Waals surface area contributed by atoms with E-state index in [-0.39, 0.29) is 5.41 Å². The Morgan fingerprint density at radius 3 is 1.41 bits per heavy atom. The molecule has 0 N–H and O–H groups in total. The van der Waals surface area contributed by atoms with E-state index in [1.54, 1.807) is 0 Å². The van der Waals surface area contributed by atoms with Crippen molar-refractivity contribution in [3.8, 4) is 55.6 Å². The molecular weight excluding hydrogens is 589 g/mol. The first kappa shape index (κ1) is 27.0. The maximum absolute atomic E-state index is 2.54. The zero-order valence-corrected chi connectivity index (χ0v) is 27.5. The summed E-state index contributed by atoms with van der Waals surface area (Å²) in [5.74, 6) is 0. The van der Waals surface area contributed by atoms with E-state index in [0.29, 0.717) is 0 Å². The Labute approximate surface area is 285 Å². The van der Waals surface area contributed by atoms with Crippen LogP contribution >= 0.6 is 0 Å². The van der Waals surface area contributed by atoms with Crippen molar-refractivity contribution in [3.63, 3.8) is 0 Å². The third-order valence-corrected chi connectivity index (χ3v) is 11.6. The highest BCUT2D eigenvalue weighted by Gasteiger charge is 2.40. The summed E-state index contributed by atoms with van der Waals surface area (Å²) in [4.78, 5) is 0. The van der Waals surface area contributed by atoms with Crippen molar-refractivity contribution in [1.82, 2.24) is 0 Å². The first-order chi connectivity index (χ1) is 24.1. The van der Waals surface area contributed by atoms with Gasteiger partial charge < -0.3 is 0 Å². The van der Waals surface area contributed by atoms with Crippen LogP contribution in [0.3, 0.4) is 0 Å². The Balaban J connectivity index is 1.22. The lowest BCUT2D eigenvalue weighted by molar-refractivity contribution is 0.667. The molecule has 2 aliphatic rings. The first-order valence-electron chi connectivity index (χ1n) is 17.4. The monoisotopic (exact) mass is 620 g/mol. The summed E-state index contributed by atoms with van der Waals surface area (Å²) in [6.45, 7) is 4.87. The predicted molar refractivity (Wildman–Crippen MR) is 209 cm³/mol. The minimum absolute atomic E-state index is 0.185. The molecule has 11 rings (SSSR count). The highest BCUT2D eigenvalue weighted by atomic mass is 14.4. The van der Waals surface area contributed by atoms with Gasteiger partial charge in [0.1, 0.15) is 0 Å². The Bertz CT molecular complexity index is 2870.